The minimum Gasteiger partial charge on any atom is -0.486 e. The van der Waals surface area contributed by atoms with Crippen molar-refractivity contribution in [3.8, 4) is 17.2 Å². The zero-order valence-electron chi connectivity index (χ0n) is 14.1. The molecule has 2 aromatic rings. The number of likely N-dealkylation sites (N-methyl/N-ethyl adjacent to an activating group) is 1. The fourth-order valence-electron chi connectivity index (χ4n) is 2.58. The SMILES string of the molecule is CN(C[C@@H]1COc2ccccc2O1)S(=O)(=O)c1ccccc1OC(F)(F)F. The molecule has 0 aliphatic carbocycles. The average Bonchev–Trinajstić information content (AvgIpc) is 2.60. The molecule has 1 aliphatic heterocycles. The maximum Gasteiger partial charge on any atom is 0.573 e. The second-order valence-corrected chi connectivity index (χ2v) is 7.79. The number of fused-ring (bicyclic) bond motifs is 1. The molecule has 0 bridgehead atoms. The molecule has 1 aliphatic rings. The fourth-order valence-corrected chi connectivity index (χ4v) is 3.89. The van der Waals surface area contributed by atoms with E-state index in [1.165, 1.54) is 19.2 Å². The molecule has 0 aromatic heterocycles. The molecule has 10 heteroatoms. The molecule has 0 saturated carbocycles. The summed E-state index contributed by atoms with van der Waals surface area (Å²) >= 11 is 0. The van der Waals surface area contributed by atoms with E-state index in [1.807, 2.05) is 0 Å². The number of halogens is 3. The molecule has 146 valence electrons. The topological polar surface area (TPSA) is 65.1 Å². The first-order chi connectivity index (χ1) is 12.7. The Bertz CT molecular complexity index is 917. The highest BCUT2D eigenvalue weighted by atomic mass is 32.2. The van der Waals surface area contributed by atoms with Gasteiger partial charge in [0.2, 0.25) is 10.0 Å². The van der Waals surface area contributed by atoms with Crippen LogP contribution in [0.2, 0.25) is 0 Å². The number of ether oxygens (including phenoxy) is 3. The molecule has 0 fully saturated rings. The zero-order chi connectivity index (χ0) is 19.7. The van der Waals surface area contributed by atoms with Crippen LogP contribution in [-0.4, -0.2) is 45.4 Å². The summed E-state index contributed by atoms with van der Waals surface area (Å²) in [5.41, 5.74) is 0. The minimum atomic E-state index is -5.01. The predicted molar refractivity (Wildman–Crippen MR) is 89.3 cm³/mol. The van der Waals surface area contributed by atoms with Crippen molar-refractivity contribution >= 4 is 10.0 Å². The van der Waals surface area contributed by atoms with E-state index in [4.69, 9.17) is 9.47 Å². The van der Waals surface area contributed by atoms with Crippen molar-refractivity contribution < 1.29 is 35.8 Å². The summed E-state index contributed by atoms with van der Waals surface area (Å²) in [7, 11) is -2.99. The first-order valence-corrected chi connectivity index (χ1v) is 9.30. The van der Waals surface area contributed by atoms with Crippen LogP contribution in [0.3, 0.4) is 0 Å². The molecule has 1 atom stereocenters. The van der Waals surface area contributed by atoms with E-state index in [2.05, 4.69) is 4.74 Å². The number of para-hydroxylation sites is 3. The van der Waals surface area contributed by atoms with Crippen LogP contribution in [-0.2, 0) is 10.0 Å². The van der Waals surface area contributed by atoms with E-state index in [0.717, 1.165) is 16.4 Å². The molecule has 0 N–H and O–H groups in total. The molecule has 0 radical (unpaired) electrons. The summed E-state index contributed by atoms with van der Waals surface area (Å²) in [5, 5.41) is 0. The van der Waals surface area contributed by atoms with Crippen LogP contribution in [0.5, 0.6) is 17.2 Å². The monoisotopic (exact) mass is 403 g/mol. The largest absolute Gasteiger partial charge is 0.573 e. The Balaban J connectivity index is 1.78. The van der Waals surface area contributed by atoms with E-state index < -0.39 is 33.1 Å². The average molecular weight is 403 g/mol. The van der Waals surface area contributed by atoms with Crippen molar-refractivity contribution in [2.24, 2.45) is 0 Å². The van der Waals surface area contributed by atoms with Crippen LogP contribution in [0.25, 0.3) is 0 Å². The summed E-state index contributed by atoms with van der Waals surface area (Å²) in [6.07, 6.45) is -5.62. The molecule has 1 heterocycles. The summed E-state index contributed by atoms with van der Waals surface area (Å²) in [6, 6.07) is 11.5. The van der Waals surface area contributed by atoms with Gasteiger partial charge in [-0.25, -0.2) is 8.42 Å². The van der Waals surface area contributed by atoms with Crippen molar-refractivity contribution in [2.75, 3.05) is 20.2 Å². The Labute approximate surface area is 154 Å². The summed E-state index contributed by atoms with van der Waals surface area (Å²) < 4.78 is 79.1. The third-order valence-electron chi connectivity index (χ3n) is 3.79. The van der Waals surface area contributed by atoms with Crippen molar-refractivity contribution in [1.82, 2.24) is 4.31 Å². The lowest BCUT2D eigenvalue weighted by molar-refractivity contribution is -0.275. The number of alkyl halides is 3. The lowest BCUT2D eigenvalue weighted by Gasteiger charge is -2.29. The zero-order valence-corrected chi connectivity index (χ0v) is 15.0. The van der Waals surface area contributed by atoms with Crippen LogP contribution < -0.4 is 14.2 Å². The summed E-state index contributed by atoms with van der Waals surface area (Å²) in [4.78, 5) is -0.582. The third-order valence-corrected chi connectivity index (χ3v) is 5.65. The smallest absolute Gasteiger partial charge is 0.486 e. The molecule has 2 aromatic carbocycles. The molecular weight excluding hydrogens is 387 g/mol. The molecule has 6 nitrogen and oxygen atoms in total. The van der Waals surface area contributed by atoms with E-state index >= 15 is 0 Å². The van der Waals surface area contributed by atoms with Crippen molar-refractivity contribution in [1.29, 1.82) is 0 Å². The molecule has 0 spiro atoms. The number of nitrogens with zero attached hydrogens (tertiary/aromatic N) is 1. The highest BCUT2D eigenvalue weighted by Gasteiger charge is 2.35. The Morgan fingerprint density at radius 1 is 1.11 bits per heavy atom. The van der Waals surface area contributed by atoms with Crippen LogP contribution >= 0.6 is 0 Å². The fraction of sp³-hybridized carbons (Fsp3) is 0.294. The van der Waals surface area contributed by atoms with Crippen molar-refractivity contribution in [3.05, 3.63) is 48.5 Å². The Kier molecular flexibility index (Phi) is 5.20. The van der Waals surface area contributed by atoms with Crippen LogP contribution in [0.1, 0.15) is 0 Å². The lowest BCUT2D eigenvalue weighted by atomic mass is 10.2. The number of rotatable bonds is 5. The van der Waals surface area contributed by atoms with Gasteiger partial charge in [-0.3, -0.25) is 0 Å². The van der Waals surface area contributed by atoms with E-state index in [0.29, 0.717) is 11.5 Å². The van der Waals surface area contributed by atoms with Gasteiger partial charge >= 0.3 is 6.36 Å². The van der Waals surface area contributed by atoms with Gasteiger partial charge in [0, 0.05) is 7.05 Å². The van der Waals surface area contributed by atoms with Gasteiger partial charge in [-0.15, -0.1) is 13.2 Å². The predicted octanol–water partition coefficient (Wildman–Crippen LogP) is 3.05. The normalized spacial score (nSPS) is 17.0. The quantitative estimate of drug-likeness (QED) is 0.768. The molecule has 0 saturated heterocycles. The second-order valence-electron chi connectivity index (χ2n) is 5.78. The summed E-state index contributed by atoms with van der Waals surface area (Å²) in [6.45, 7) is -0.00537. The Hall–Kier alpha value is -2.46. The van der Waals surface area contributed by atoms with Gasteiger partial charge in [-0.2, -0.15) is 4.31 Å². The summed E-state index contributed by atoms with van der Waals surface area (Å²) in [5.74, 6) is 0.228. The van der Waals surface area contributed by atoms with Crippen molar-refractivity contribution in [3.63, 3.8) is 0 Å². The Morgan fingerprint density at radius 2 is 1.74 bits per heavy atom. The lowest BCUT2D eigenvalue weighted by Crippen LogP contribution is -2.41. The van der Waals surface area contributed by atoms with Gasteiger partial charge in [-0.05, 0) is 24.3 Å². The van der Waals surface area contributed by atoms with E-state index in [-0.39, 0.29) is 13.2 Å². The van der Waals surface area contributed by atoms with Crippen LogP contribution in [0, 0.1) is 0 Å². The molecule has 27 heavy (non-hydrogen) atoms. The molecule has 0 unspecified atom stereocenters. The Morgan fingerprint density at radius 3 is 2.44 bits per heavy atom. The van der Waals surface area contributed by atoms with E-state index in [9.17, 15) is 21.6 Å². The highest BCUT2D eigenvalue weighted by molar-refractivity contribution is 7.89. The van der Waals surface area contributed by atoms with Gasteiger partial charge < -0.3 is 14.2 Å². The third kappa shape index (κ3) is 4.45. The van der Waals surface area contributed by atoms with Crippen LogP contribution in [0.4, 0.5) is 13.2 Å². The molecular formula is C17H16F3NO5S. The van der Waals surface area contributed by atoms with Gasteiger partial charge in [-0.1, -0.05) is 24.3 Å². The first-order valence-electron chi connectivity index (χ1n) is 7.86. The number of benzene rings is 2. The van der Waals surface area contributed by atoms with Gasteiger partial charge in [0.25, 0.3) is 0 Å². The van der Waals surface area contributed by atoms with Gasteiger partial charge in [0.05, 0.1) is 6.54 Å². The maximum absolute atomic E-state index is 12.7. The van der Waals surface area contributed by atoms with Crippen molar-refractivity contribution in [2.45, 2.75) is 17.4 Å². The number of sulfonamides is 1. The second kappa shape index (κ2) is 7.28. The van der Waals surface area contributed by atoms with E-state index in [1.54, 1.807) is 24.3 Å². The maximum atomic E-state index is 12.7. The van der Waals surface area contributed by atoms with Crippen LogP contribution in [0.15, 0.2) is 53.4 Å². The standard InChI is InChI=1S/C17H16F3NO5S/c1-21(10-12-11-24-13-6-2-3-7-14(13)25-12)27(22,23)16-9-5-4-8-15(16)26-17(18,19)20/h2-9,12H,10-11H2,1H3/t12-/m1/s1. The highest BCUT2D eigenvalue weighted by Crippen LogP contribution is 2.33. The molecule has 3 rings (SSSR count). The van der Waals surface area contributed by atoms with Gasteiger partial charge in [0.1, 0.15) is 23.4 Å². The first kappa shape index (κ1) is 19.3. The molecule has 0 amide bonds. The van der Waals surface area contributed by atoms with Gasteiger partial charge in [0.15, 0.2) is 11.5 Å². The number of hydrogen-bond donors (Lipinski definition) is 0. The minimum absolute atomic E-state index is 0.109. The number of hydrogen-bond acceptors (Lipinski definition) is 5.